The maximum atomic E-state index is 6.23. The third-order valence-electron chi connectivity index (χ3n) is 5.08. The number of halogens is 1. The summed E-state index contributed by atoms with van der Waals surface area (Å²) >= 11 is 4.31. The van der Waals surface area contributed by atoms with Crippen LogP contribution in [-0.2, 0) is 4.74 Å². The maximum absolute atomic E-state index is 6.23. The van der Waals surface area contributed by atoms with Gasteiger partial charge in [-0.05, 0) is 84.2 Å². The Balaban J connectivity index is 1.75. The number of hydrogen-bond donors (Lipinski definition) is 1. The van der Waals surface area contributed by atoms with Crippen molar-refractivity contribution >= 4 is 33.9 Å². The maximum Gasteiger partial charge on any atom is 0.0686 e. The molecule has 1 aromatic heterocycles. The van der Waals surface area contributed by atoms with E-state index in [1.807, 2.05) is 11.3 Å². The lowest BCUT2D eigenvalue weighted by Crippen LogP contribution is -2.42. The topological polar surface area (TPSA) is 21.3 Å². The number of thiophene rings is 1. The molecule has 0 bridgehead atoms. The van der Waals surface area contributed by atoms with Gasteiger partial charge in [0.15, 0.2) is 0 Å². The van der Waals surface area contributed by atoms with Gasteiger partial charge in [0.05, 0.1) is 8.48 Å². The molecular formula is C17H26INOS. The van der Waals surface area contributed by atoms with Crippen LogP contribution in [0.25, 0.3) is 0 Å². The van der Waals surface area contributed by atoms with Gasteiger partial charge in [-0.25, -0.2) is 0 Å². The summed E-state index contributed by atoms with van der Waals surface area (Å²) in [5, 5.41) is 6.18. The van der Waals surface area contributed by atoms with Crippen LogP contribution in [0, 0.1) is 8.80 Å². The van der Waals surface area contributed by atoms with Crippen LogP contribution in [0.1, 0.15) is 63.5 Å². The molecule has 1 N–H and O–H groups in total. The van der Waals surface area contributed by atoms with Crippen LogP contribution < -0.4 is 5.32 Å². The second kappa shape index (κ2) is 7.28. The van der Waals surface area contributed by atoms with Gasteiger partial charge >= 0.3 is 0 Å². The molecule has 2 atom stereocenters. The standard InChI is InChI=1S/C17H26INOS/c1-2-8-19-16(14-10-15(18)21-12-14)13-5-9-20-17(11-13)6-3-4-7-17/h10,12-13,16,19H,2-9,11H2,1H3. The molecule has 1 aliphatic heterocycles. The molecule has 1 spiro atoms. The Morgan fingerprint density at radius 2 is 2.29 bits per heavy atom. The third kappa shape index (κ3) is 3.82. The van der Waals surface area contributed by atoms with Crippen LogP contribution in [0.4, 0.5) is 0 Å². The minimum Gasteiger partial charge on any atom is -0.375 e. The first-order valence-electron chi connectivity index (χ1n) is 8.34. The highest BCUT2D eigenvalue weighted by atomic mass is 127. The molecule has 3 rings (SSSR count). The van der Waals surface area contributed by atoms with E-state index in [4.69, 9.17) is 4.74 Å². The first kappa shape index (κ1) is 16.2. The van der Waals surface area contributed by atoms with E-state index in [1.165, 1.54) is 53.4 Å². The Morgan fingerprint density at radius 3 is 2.95 bits per heavy atom. The molecule has 2 fully saturated rings. The summed E-state index contributed by atoms with van der Waals surface area (Å²) in [5.41, 5.74) is 1.72. The van der Waals surface area contributed by atoms with Crippen molar-refractivity contribution in [2.45, 2.75) is 63.5 Å². The van der Waals surface area contributed by atoms with Crippen molar-refractivity contribution in [1.82, 2.24) is 5.32 Å². The lowest BCUT2D eigenvalue weighted by molar-refractivity contribution is -0.0981. The highest BCUT2D eigenvalue weighted by Crippen LogP contribution is 2.45. The van der Waals surface area contributed by atoms with Crippen molar-refractivity contribution in [3.05, 3.63) is 19.9 Å². The highest BCUT2D eigenvalue weighted by Gasteiger charge is 2.42. The summed E-state index contributed by atoms with van der Waals surface area (Å²) in [6.45, 7) is 4.32. The lowest BCUT2D eigenvalue weighted by Gasteiger charge is -2.41. The molecule has 21 heavy (non-hydrogen) atoms. The van der Waals surface area contributed by atoms with E-state index >= 15 is 0 Å². The molecule has 2 heterocycles. The zero-order valence-corrected chi connectivity index (χ0v) is 15.8. The number of ether oxygens (including phenoxy) is 1. The van der Waals surface area contributed by atoms with Crippen molar-refractivity contribution in [3.8, 4) is 0 Å². The Labute approximate surface area is 146 Å². The van der Waals surface area contributed by atoms with Crippen LogP contribution >= 0.6 is 33.9 Å². The molecule has 2 unspecified atom stereocenters. The van der Waals surface area contributed by atoms with Gasteiger partial charge in [-0.2, -0.15) is 0 Å². The Bertz CT molecular complexity index is 455. The predicted octanol–water partition coefficient (Wildman–Crippen LogP) is 5.13. The smallest absolute Gasteiger partial charge is 0.0686 e. The third-order valence-corrected chi connectivity index (χ3v) is 6.89. The summed E-state index contributed by atoms with van der Waals surface area (Å²) in [5.74, 6) is 0.730. The van der Waals surface area contributed by atoms with Crippen LogP contribution in [-0.4, -0.2) is 18.8 Å². The Morgan fingerprint density at radius 1 is 1.48 bits per heavy atom. The van der Waals surface area contributed by atoms with E-state index in [9.17, 15) is 0 Å². The predicted molar refractivity (Wildman–Crippen MR) is 97.9 cm³/mol. The molecule has 0 radical (unpaired) electrons. The molecule has 118 valence electrons. The first-order valence-corrected chi connectivity index (χ1v) is 10.3. The summed E-state index contributed by atoms with van der Waals surface area (Å²) in [7, 11) is 0. The van der Waals surface area contributed by atoms with E-state index in [2.05, 4.69) is 46.3 Å². The van der Waals surface area contributed by atoms with Gasteiger partial charge < -0.3 is 10.1 Å². The zero-order chi connectivity index (χ0) is 14.7. The molecule has 4 heteroatoms. The SMILES string of the molecule is CCCNC(c1csc(I)c1)C1CCOC2(CCCC2)C1. The molecular weight excluding hydrogens is 393 g/mol. The number of nitrogens with one attached hydrogen (secondary N) is 1. The Hall–Kier alpha value is 0.350. The average molecular weight is 419 g/mol. The normalized spacial score (nSPS) is 26.3. The summed E-state index contributed by atoms with van der Waals surface area (Å²) in [6, 6.07) is 2.89. The largest absolute Gasteiger partial charge is 0.375 e. The fourth-order valence-corrected chi connectivity index (χ4v) is 5.47. The summed E-state index contributed by atoms with van der Waals surface area (Å²) < 4.78 is 7.62. The minimum atomic E-state index is 0.220. The number of hydrogen-bond acceptors (Lipinski definition) is 3. The van der Waals surface area contributed by atoms with Crippen molar-refractivity contribution < 1.29 is 4.74 Å². The quantitative estimate of drug-likeness (QED) is 0.668. The van der Waals surface area contributed by atoms with Crippen molar-refractivity contribution in [2.75, 3.05) is 13.2 Å². The van der Waals surface area contributed by atoms with E-state index in [-0.39, 0.29) is 5.60 Å². The van der Waals surface area contributed by atoms with E-state index in [0.29, 0.717) is 6.04 Å². The van der Waals surface area contributed by atoms with Gasteiger partial charge in [-0.15, -0.1) is 11.3 Å². The summed E-state index contributed by atoms with van der Waals surface area (Å²) in [4.78, 5) is 0. The van der Waals surface area contributed by atoms with Crippen LogP contribution in [0.3, 0.4) is 0 Å². The average Bonchev–Trinajstić information content (AvgIpc) is 3.10. The van der Waals surface area contributed by atoms with Gasteiger partial charge in [0, 0.05) is 12.6 Å². The number of rotatable bonds is 5. The van der Waals surface area contributed by atoms with Crippen LogP contribution in [0.15, 0.2) is 11.4 Å². The minimum absolute atomic E-state index is 0.220. The lowest BCUT2D eigenvalue weighted by atomic mass is 9.79. The van der Waals surface area contributed by atoms with Crippen molar-refractivity contribution in [3.63, 3.8) is 0 Å². The van der Waals surface area contributed by atoms with Gasteiger partial charge in [-0.1, -0.05) is 19.8 Å². The van der Waals surface area contributed by atoms with E-state index in [1.54, 1.807) is 0 Å². The van der Waals surface area contributed by atoms with Gasteiger partial charge in [-0.3, -0.25) is 0 Å². The van der Waals surface area contributed by atoms with Crippen molar-refractivity contribution in [2.24, 2.45) is 5.92 Å². The van der Waals surface area contributed by atoms with Crippen LogP contribution in [0.2, 0.25) is 0 Å². The van der Waals surface area contributed by atoms with E-state index < -0.39 is 0 Å². The molecule has 0 amide bonds. The molecule has 1 aliphatic carbocycles. The Kier molecular flexibility index (Phi) is 5.62. The molecule has 1 saturated heterocycles. The summed E-state index contributed by atoms with van der Waals surface area (Å²) in [6.07, 6.45) is 8.94. The van der Waals surface area contributed by atoms with Crippen molar-refractivity contribution in [1.29, 1.82) is 0 Å². The molecule has 2 nitrogen and oxygen atoms in total. The monoisotopic (exact) mass is 419 g/mol. The van der Waals surface area contributed by atoms with Gasteiger partial charge in [0.25, 0.3) is 0 Å². The molecule has 0 aromatic carbocycles. The fraction of sp³-hybridized carbons (Fsp3) is 0.765. The molecule has 1 saturated carbocycles. The first-order chi connectivity index (χ1) is 10.2. The molecule has 2 aliphatic rings. The highest BCUT2D eigenvalue weighted by molar-refractivity contribution is 14.1. The van der Waals surface area contributed by atoms with Gasteiger partial charge in [0.2, 0.25) is 0 Å². The zero-order valence-electron chi connectivity index (χ0n) is 12.9. The van der Waals surface area contributed by atoms with E-state index in [0.717, 1.165) is 19.1 Å². The van der Waals surface area contributed by atoms with Crippen LogP contribution in [0.5, 0.6) is 0 Å². The second-order valence-electron chi connectivity index (χ2n) is 6.61. The molecule has 1 aromatic rings. The second-order valence-corrected chi connectivity index (χ2v) is 9.41. The fourth-order valence-electron chi connectivity index (χ4n) is 4.06. The van der Waals surface area contributed by atoms with Gasteiger partial charge in [0.1, 0.15) is 0 Å².